The molecule has 1 aromatic carbocycles. The minimum Gasteiger partial charge on any atom is -0.485 e. The molecule has 6 nitrogen and oxygen atoms in total. The van der Waals surface area contributed by atoms with Gasteiger partial charge in [0, 0.05) is 11.6 Å². The molecule has 0 bridgehead atoms. The molecule has 25 heavy (non-hydrogen) atoms. The molecule has 0 radical (unpaired) electrons. The molecule has 3 heterocycles. The van der Waals surface area contributed by atoms with Crippen LogP contribution in [0.2, 0.25) is 5.15 Å². The van der Waals surface area contributed by atoms with Gasteiger partial charge in [-0.2, -0.15) is 0 Å². The van der Waals surface area contributed by atoms with Gasteiger partial charge in [0.05, 0.1) is 25.1 Å². The van der Waals surface area contributed by atoms with Gasteiger partial charge in [0.25, 0.3) is 0 Å². The predicted molar refractivity (Wildman–Crippen MR) is 95.5 cm³/mol. The van der Waals surface area contributed by atoms with Gasteiger partial charge in [0.1, 0.15) is 28.9 Å². The van der Waals surface area contributed by atoms with Crippen molar-refractivity contribution in [2.45, 2.75) is 12.2 Å². The van der Waals surface area contributed by atoms with E-state index in [1.807, 2.05) is 30.3 Å². The Morgan fingerprint density at radius 1 is 1.16 bits per heavy atom. The molecule has 1 saturated heterocycles. The minimum atomic E-state index is -0.595. The number of hydrogen-bond donors (Lipinski definition) is 2. The first-order valence-electron chi connectivity index (χ1n) is 7.89. The molecule has 0 aliphatic carbocycles. The number of rotatable bonds is 4. The summed E-state index contributed by atoms with van der Waals surface area (Å²) in [4.78, 5) is 8.45. The molecule has 128 valence electrons. The Balaban J connectivity index is 1.60. The highest BCUT2D eigenvalue weighted by Gasteiger charge is 2.28. The summed E-state index contributed by atoms with van der Waals surface area (Å²) in [5, 5.41) is 15.4. The smallest absolute Gasteiger partial charge is 0.150 e. The molecule has 4 rings (SSSR count). The zero-order valence-electron chi connectivity index (χ0n) is 13.2. The first kappa shape index (κ1) is 16.1. The Hall–Kier alpha value is -2.41. The average molecular weight is 358 g/mol. The highest BCUT2D eigenvalue weighted by atomic mass is 35.5. The highest BCUT2D eigenvalue weighted by Crippen LogP contribution is 2.28. The fourth-order valence-electron chi connectivity index (χ4n) is 2.73. The number of hydrogen-bond acceptors (Lipinski definition) is 6. The Morgan fingerprint density at radius 2 is 2.08 bits per heavy atom. The first-order chi connectivity index (χ1) is 12.2. The van der Waals surface area contributed by atoms with Gasteiger partial charge in [0.15, 0.2) is 0 Å². The van der Waals surface area contributed by atoms with Gasteiger partial charge < -0.3 is 19.9 Å². The number of aliphatic hydroxyl groups excluding tert-OH is 1. The summed E-state index contributed by atoms with van der Waals surface area (Å²) >= 11 is 5.81. The maximum absolute atomic E-state index is 9.81. The highest BCUT2D eigenvalue weighted by molar-refractivity contribution is 6.29. The lowest BCUT2D eigenvalue weighted by Gasteiger charge is -2.16. The standard InChI is InChI=1S/C18H16ClN3O3/c19-17-4-1-12(8-21-17)22-18-14-3-2-13(7-11(14)5-6-20-18)25-16-10-24-9-15(16)23/h1-8,15-16,23H,9-10H2,(H,20,22). The van der Waals surface area contributed by atoms with Crippen molar-refractivity contribution in [3.8, 4) is 5.75 Å². The molecule has 0 spiro atoms. The van der Waals surface area contributed by atoms with Gasteiger partial charge in [0.2, 0.25) is 0 Å². The number of pyridine rings is 2. The summed E-state index contributed by atoms with van der Waals surface area (Å²) in [5.74, 6) is 1.41. The average Bonchev–Trinajstić information content (AvgIpc) is 3.02. The quantitative estimate of drug-likeness (QED) is 0.698. The van der Waals surface area contributed by atoms with Gasteiger partial charge in [-0.05, 0) is 41.8 Å². The summed E-state index contributed by atoms with van der Waals surface area (Å²) < 4.78 is 11.0. The number of nitrogens with one attached hydrogen (secondary N) is 1. The van der Waals surface area contributed by atoms with E-state index in [1.54, 1.807) is 18.5 Å². The Labute approximate surface area is 149 Å². The number of halogens is 1. The van der Waals surface area contributed by atoms with E-state index in [0.29, 0.717) is 24.1 Å². The molecule has 0 saturated carbocycles. The fraction of sp³-hybridized carbons (Fsp3) is 0.222. The van der Waals surface area contributed by atoms with Crippen molar-refractivity contribution < 1.29 is 14.6 Å². The molecule has 2 N–H and O–H groups in total. The number of aliphatic hydroxyl groups is 1. The molecule has 1 fully saturated rings. The van der Waals surface area contributed by atoms with Gasteiger partial charge in [-0.25, -0.2) is 9.97 Å². The second-order valence-electron chi connectivity index (χ2n) is 5.80. The van der Waals surface area contributed by atoms with Crippen molar-refractivity contribution in [2.75, 3.05) is 18.5 Å². The van der Waals surface area contributed by atoms with Gasteiger partial charge in [-0.3, -0.25) is 0 Å². The maximum atomic E-state index is 9.81. The molecular formula is C18H16ClN3O3. The SMILES string of the molecule is OC1COCC1Oc1ccc2c(Nc3ccc(Cl)nc3)nccc2c1. The number of nitrogens with zero attached hydrogens (tertiary/aromatic N) is 2. The lowest BCUT2D eigenvalue weighted by molar-refractivity contribution is 0.0734. The number of aromatic nitrogens is 2. The van der Waals surface area contributed by atoms with Crippen LogP contribution in [0.1, 0.15) is 0 Å². The largest absolute Gasteiger partial charge is 0.485 e. The molecule has 0 amide bonds. The molecule has 2 unspecified atom stereocenters. The number of ether oxygens (including phenoxy) is 2. The molecule has 7 heteroatoms. The Bertz CT molecular complexity index is 888. The number of anilines is 2. The lowest BCUT2D eigenvalue weighted by atomic mass is 10.1. The normalized spacial score (nSPS) is 19.9. The first-order valence-corrected chi connectivity index (χ1v) is 8.27. The van der Waals surface area contributed by atoms with Crippen molar-refractivity contribution in [3.63, 3.8) is 0 Å². The molecule has 1 aliphatic rings. The summed E-state index contributed by atoms with van der Waals surface area (Å²) in [5.41, 5.74) is 0.802. The summed E-state index contributed by atoms with van der Waals surface area (Å²) in [7, 11) is 0. The summed E-state index contributed by atoms with van der Waals surface area (Å²) in [6.07, 6.45) is 2.45. The zero-order valence-corrected chi connectivity index (χ0v) is 14.0. The van der Waals surface area contributed by atoms with Gasteiger partial charge in [-0.1, -0.05) is 11.6 Å². The van der Waals surface area contributed by atoms with Crippen molar-refractivity contribution >= 4 is 33.9 Å². The van der Waals surface area contributed by atoms with E-state index in [1.165, 1.54) is 0 Å². The molecule has 2 atom stereocenters. The van der Waals surface area contributed by atoms with Crippen LogP contribution in [0.15, 0.2) is 48.8 Å². The summed E-state index contributed by atoms with van der Waals surface area (Å²) in [6.45, 7) is 0.706. The second-order valence-corrected chi connectivity index (χ2v) is 6.19. The zero-order chi connectivity index (χ0) is 17.2. The van der Waals surface area contributed by atoms with Crippen LogP contribution in [-0.2, 0) is 4.74 Å². The van der Waals surface area contributed by atoms with E-state index >= 15 is 0 Å². The van der Waals surface area contributed by atoms with Gasteiger partial charge in [-0.15, -0.1) is 0 Å². The van der Waals surface area contributed by atoms with Crippen LogP contribution in [0.3, 0.4) is 0 Å². The van der Waals surface area contributed by atoms with E-state index in [4.69, 9.17) is 21.1 Å². The van der Waals surface area contributed by atoms with E-state index in [0.717, 1.165) is 22.3 Å². The fourth-order valence-corrected chi connectivity index (χ4v) is 2.84. The summed E-state index contributed by atoms with van der Waals surface area (Å²) in [6, 6.07) is 11.2. The van der Waals surface area contributed by atoms with Crippen molar-refractivity contribution in [2.24, 2.45) is 0 Å². The monoisotopic (exact) mass is 357 g/mol. The second kappa shape index (κ2) is 6.84. The molecule has 1 aliphatic heterocycles. The van der Waals surface area contributed by atoms with Crippen molar-refractivity contribution in [3.05, 3.63) is 53.9 Å². The third kappa shape index (κ3) is 3.51. The van der Waals surface area contributed by atoms with Crippen LogP contribution in [-0.4, -0.2) is 40.5 Å². The minimum absolute atomic E-state index is 0.311. The van der Waals surface area contributed by atoms with E-state index in [9.17, 15) is 5.11 Å². The van der Waals surface area contributed by atoms with Crippen molar-refractivity contribution in [1.82, 2.24) is 9.97 Å². The van der Waals surface area contributed by atoms with Crippen LogP contribution in [0.5, 0.6) is 5.75 Å². The third-order valence-corrected chi connectivity index (χ3v) is 4.24. The maximum Gasteiger partial charge on any atom is 0.150 e. The predicted octanol–water partition coefficient (Wildman–Crippen LogP) is 3.17. The Morgan fingerprint density at radius 3 is 2.84 bits per heavy atom. The van der Waals surface area contributed by atoms with E-state index in [2.05, 4.69) is 15.3 Å². The topological polar surface area (TPSA) is 76.5 Å². The Kier molecular flexibility index (Phi) is 4.40. The molecule has 2 aromatic heterocycles. The van der Waals surface area contributed by atoms with Crippen LogP contribution < -0.4 is 10.1 Å². The molecule has 3 aromatic rings. The van der Waals surface area contributed by atoms with Gasteiger partial charge >= 0.3 is 0 Å². The van der Waals surface area contributed by atoms with E-state index < -0.39 is 6.10 Å². The van der Waals surface area contributed by atoms with Crippen LogP contribution >= 0.6 is 11.6 Å². The van der Waals surface area contributed by atoms with Crippen LogP contribution in [0, 0.1) is 0 Å². The van der Waals surface area contributed by atoms with Crippen LogP contribution in [0.25, 0.3) is 10.8 Å². The lowest BCUT2D eigenvalue weighted by Crippen LogP contribution is -2.29. The number of fused-ring (bicyclic) bond motifs is 1. The van der Waals surface area contributed by atoms with Crippen LogP contribution in [0.4, 0.5) is 11.5 Å². The number of benzene rings is 1. The third-order valence-electron chi connectivity index (χ3n) is 4.01. The van der Waals surface area contributed by atoms with Crippen molar-refractivity contribution in [1.29, 1.82) is 0 Å². The van der Waals surface area contributed by atoms with E-state index in [-0.39, 0.29) is 6.10 Å². The molecular weight excluding hydrogens is 342 g/mol.